The van der Waals surface area contributed by atoms with E-state index >= 15 is 4.39 Å². The molecule has 0 spiro atoms. The van der Waals surface area contributed by atoms with Crippen molar-refractivity contribution < 1.29 is 40.1 Å². The first kappa shape index (κ1) is 29.4. The van der Waals surface area contributed by atoms with Crippen molar-refractivity contribution in [2.45, 2.75) is 49.5 Å². The van der Waals surface area contributed by atoms with Crippen LogP contribution in [-0.4, -0.2) is 91.2 Å². The van der Waals surface area contributed by atoms with Gasteiger partial charge in [-0.15, -0.1) is 0 Å². The number of aromatic nitrogens is 8. The maximum Gasteiger partial charge on any atom is 0.386 e. The third-order valence-electron chi connectivity index (χ3n) is 7.17. The summed E-state index contributed by atoms with van der Waals surface area (Å²) in [6, 6.07) is 0. The molecular formula is C20H22FN10O10PS2. The molecule has 4 aromatic heterocycles. The SMILES string of the molecule is Nc1nc2c(ncn2[C@@H]2O[C@@H]3CO[P@](=O)(S)O[C@H]4[C@@H](F)[C@H](n5cnc6c(=O)[nH]cnc65)O[C@@H]4CNS(=O)(=O)O[C@@H]2C3)c(=O)[nH]1. The van der Waals surface area contributed by atoms with Gasteiger partial charge in [0.1, 0.15) is 18.3 Å². The van der Waals surface area contributed by atoms with Crippen LogP contribution in [0.5, 0.6) is 0 Å². The van der Waals surface area contributed by atoms with Crippen molar-refractivity contribution in [3.63, 3.8) is 0 Å². The van der Waals surface area contributed by atoms with E-state index in [1.165, 1.54) is 10.9 Å². The molecule has 0 aliphatic carbocycles. The van der Waals surface area contributed by atoms with Gasteiger partial charge in [0.2, 0.25) is 5.95 Å². The zero-order valence-electron chi connectivity index (χ0n) is 21.9. The number of imidazole rings is 2. The standard InChI is InChI=1S/C20H22FN10O10PS2/c21-10-13-9(39-19(10)30-5-25-11-14(30)23-4-24-16(11)32)2-27-44(35,36)41-8-1-7(3-37-42(34,43)40-13)38-18(8)31-6-26-12-15(31)28-20(22)29-17(12)33/h4-10,13,18-19,27H,1-3H2,(H,34,43)(H,23,24,32)(H3,22,28,29,33)/t7-,8+,9+,10+,13+,18+,19+,42-/m0/s1. The van der Waals surface area contributed by atoms with Gasteiger partial charge in [-0.05, 0) is 0 Å². The van der Waals surface area contributed by atoms with Gasteiger partial charge in [0, 0.05) is 13.0 Å². The number of aromatic amines is 2. The lowest BCUT2D eigenvalue weighted by molar-refractivity contribution is -0.0439. The highest BCUT2D eigenvalue weighted by Crippen LogP contribution is 2.57. The molecule has 3 saturated heterocycles. The largest absolute Gasteiger partial charge is 0.386 e. The van der Waals surface area contributed by atoms with Gasteiger partial charge in [-0.1, -0.05) is 12.2 Å². The molecule has 5 N–H and O–H groups in total. The number of halogens is 1. The highest BCUT2D eigenvalue weighted by molar-refractivity contribution is 8.44. The van der Waals surface area contributed by atoms with Crippen LogP contribution >= 0.6 is 19.0 Å². The number of nitrogen functional groups attached to an aromatic ring is 1. The van der Waals surface area contributed by atoms with Crippen LogP contribution in [0.15, 0.2) is 28.6 Å². The van der Waals surface area contributed by atoms with E-state index in [0.29, 0.717) is 0 Å². The Morgan fingerprint density at radius 3 is 2.55 bits per heavy atom. The van der Waals surface area contributed by atoms with Crippen molar-refractivity contribution in [2.24, 2.45) is 0 Å². The number of thiol groups is 1. The molecular weight excluding hydrogens is 654 g/mol. The Kier molecular flexibility index (Phi) is 7.13. The Balaban J connectivity index is 1.19. The Hall–Kier alpha value is -3.28. The number of hydrogen-bond acceptors (Lipinski definition) is 15. The molecule has 0 aromatic carbocycles. The van der Waals surface area contributed by atoms with E-state index < -0.39 is 84.4 Å². The summed E-state index contributed by atoms with van der Waals surface area (Å²) in [5.41, 5.74) is 4.26. The molecule has 0 amide bonds. The van der Waals surface area contributed by atoms with Gasteiger partial charge in [0.05, 0.1) is 31.7 Å². The first-order valence-electron chi connectivity index (χ1n) is 12.8. The second-order valence-corrected chi connectivity index (χ2v) is 14.3. The third-order valence-corrected chi connectivity index (χ3v) is 9.80. The molecule has 3 fully saturated rings. The smallest absolute Gasteiger partial charge is 0.369 e. The number of rotatable bonds is 2. The number of nitrogens with one attached hydrogen (secondary N) is 3. The summed E-state index contributed by atoms with van der Waals surface area (Å²) in [4.78, 5) is 45.0. The number of fused-ring (bicyclic) bond motifs is 5. The minimum absolute atomic E-state index is 0.00757. The van der Waals surface area contributed by atoms with Crippen molar-refractivity contribution in [3.05, 3.63) is 39.7 Å². The molecule has 4 aromatic rings. The molecule has 0 unspecified atom stereocenters. The van der Waals surface area contributed by atoms with Crippen molar-refractivity contribution >= 4 is 57.6 Å². The minimum atomic E-state index is -4.59. The van der Waals surface area contributed by atoms with Gasteiger partial charge in [0.25, 0.3) is 11.1 Å². The second kappa shape index (κ2) is 10.7. The monoisotopic (exact) mass is 676 g/mol. The van der Waals surface area contributed by atoms with Crippen molar-refractivity contribution in [3.8, 4) is 0 Å². The van der Waals surface area contributed by atoms with Gasteiger partial charge < -0.3 is 20.2 Å². The molecule has 7 heterocycles. The average Bonchev–Trinajstić information content (AvgIpc) is 3.72. The molecule has 0 radical (unpaired) electrons. The van der Waals surface area contributed by atoms with Crippen molar-refractivity contribution in [2.75, 3.05) is 18.9 Å². The number of H-pyrrole nitrogens is 2. The molecule has 20 nitrogen and oxygen atoms in total. The number of alkyl halides is 1. The fourth-order valence-corrected chi connectivity index (χ4v) is 7.72. The van der Waals surface area contributed by atoms with Gasteiger partial charge in [0.15, 0.2) is 41.0 Å². The molecule has 236 valence electrons. The number of hydrogen-bond donors (Lipinski definition) is 5. The van der Waals surface area contributed by atoms with Crippen LogP contribution in [0.3, 0.4) is 0 Å². The fraction of sp³-hybridized carbons (Fsp3) is 0.500. The van der Waals surface area contributed by atoms with Crippen LogP contribution in [-0.2, 0) is 37.6 Å². The zero-order valence-corrected chi connectivity index (χ0v) is 24.5. The van der Waals surface area contributed by atoms with Gasteiger partial charge in [-0.2, -0.15) is 18.1 Å². The fourth-order valence-electron chi connectivity index (χ4n) is 5.28. The Morgan fingerprint density at radius 2 is 1.77 bits per heavy atom. The lowest BCUT2D eigenvalue weighted by Crippen LogP contribution is -2.41. The summed E-state index contributed by atoms with van der Waals surface area (Å²) < 4.78 is 88.0. The summed E-state index contributed by atoms with van der Waals surface area (Å²) in [5, 5.41) is 0. The van der Waals surface area contributed by atoms with E-state index in [1.54, 1.807) is 0 Å². The minimum Gasteiger partial charge on any atom is -0.369 e. The van der Waals surface area contributed by atoms with Crippen LogP contribution in [0.25, 0.3) is 22.3 Å². The first-order chi connectivity index (χ1) is 20.9. The predicted molar refractivity (Wildman–Crippen MR) is 147 cm³/mol. The Bertz CT molecular complexity index is 2040. The zero-order chi connectivity index (χ0) is 31.0. The quantitative estimate of drug-likeness (QED) is 0.126. The number of anilines is 1. The van der Waals surface area contributed by atoms with Crippen LogP contribution < -0.4 is 21.6 Å². The van der Waals surface area contributed by atoms with Crippen LogP contribution in [0.2, 0.25) is 0 Å². The lowest BCUT2D eigenvalue weighted by atomic mass is 10.1. The van der Waals surface area contributed by atoms with Gasteiger partial charge in [-0.3, -0.25) is 32.8 Å². The van der Waals surface area contributed by atoms with E-state index in [2.05, 4.69) is 46.9 Å². The van der Waals surface area contributed by atoms with E-state index in [1.807, 2.05) is 0 Å². The average molecular weight is 677 g/mol. The Labute approximate surface area is 249 Å². The van der Waals surface area contributed by atoms with Crippen LogP contribution in [0.4, 0.5) is 10.3 Å². The number of nitrogens with zero attached hydrogens (tertiary/aromatic N) is 6. The maximum atomic E-state index is 15.9. The highest BCUT2D eigenvalue weighted by atomic mass is 32.7. The van der Waals surface area contributed by atoms with E-state index in [4.69, 9.17) is 28.4 Å². The van der Waals surface area contributed by atoms with E-state index in [9.17, 15) is 22.6 Å². The second-order valence-electron chi connectivity index (χ2n) is 10.00. The molecule has 44 heavy (non-hydrogen) atoms. The molecule has 3 aliphatic heterocycles. The van der Waals surface area contributed by atoms with Crippen LogP contribution in [0.1, 0.15) is 18.9 Å². The molecule has 0 saturated carbocycles. The van der Waals surface area contributed by atoms with Gasteiger partial charge in [-0.25, -0.2) is 28.1 Å². The summed E-state index contributed by atoms with van der Waals surface area (Å²) in [7, 11) is -4.59. The third kappa shape index (κ3) is 5.22. The molecule has 8 atom stereocenters. The van der Waals surface area contributed by atoms with Crippen molar-refractivity contribution in [1.29, 1.82) is 0 Å². The van der Waals surface area contributed by atoms with Crippen LogP contribution in [0, 0.1) is 0 Å². The lowest BCUT2D eigenvalue weighted by Gasteiger charge is -2.24. The molecule has 24 heteroatoms. The maximum absolute atomic E-state index is 15.9. The normalized spacial score (nSPS) is 34.4. The van der Waals surface area contributed by atoms with E-state index in [-0.39, 0.29) is 34.7 Å². The summed E-state index contributed by atoms with van der Waals surface area (Å²) >= 11 is 4.00. The van der Waals surface area contributed by atoms with E-state index in [0.717, 1.165) is 17.2 Å². The molecule has 3 aliphatic rings. The van der Waals surface area contributed by atoms with Gasteiger partial charge >= 0.3 is 17.1 Å². The summed E-state index contributed by atoms with van der Waals surface area (Å²) in [6.45, 7) is -5.38. The predicted octanol–water partition coefficient (Wildman–Crippen LogP) is -0.969. The van der Waals surface area contributed by atoms with Crippen molar-refractivity contribution in [1.82, 2.24) is 43.8 Å². The summed E-state index contributed by atoms with van der Waals surface area (Å²) in [5.74, 6) is -0.217. The topological polar surface area (TPSA) is 263 Å². The number of ether oxygens (including phenoxy) is 2. The number of nitrogens with two attached hydrogens (primary N) is 1. The Morgan fingerprint density at radius 1 is 1.05 bits per heavy atom. The molecule has 2 bridgehead atoms. The highest BCUT2D eigenvalue weighted by Gasteiger charge is 2.51. The molecule has 7 rings (SSSR count). The first-order valence-corrected chi connectivity index (χ1v) is 16.9. The summed E-state index contributed by atoms with van der Waals surface area (Å²) in [6.07, 6.45) is -6.71.